The molecule has 0 amide bonds. The summed E-state index contributed by atoms with van der Waals surface area (Å²) in [5.74, 6) is 2.10. The van der Waals surface area contributed by atoms with Crippen LogP contribution in [0.5, 0.6) is 0 Å². The number of nitrogens with one attached hydrogen (secondary N) is 2. The summed E-state index contributed by atoms with van der Waals surface area (Å²) in [5, 5.41) is 7.25. The van der Waals surface area contributed by atoms with Crippen molar-refractivity contribution in [2.24, 2.45) is 5.92 Å². The van der Waals surface area contributed by atoms with Crippen LogP contribution in [0.1, 0.15) is 26.0 Å². The highest BCUT2D eigenvalue weighted by Gasteiger charge is 2.03. The number of rotatable bonds is 6. The number of anilines is 3. The fraction of sp³-hybridized carbons (Fsp3) is 0.375. The summed E-state index contributed by atoms with van der Waals surface area (Å²) in [6, 6.07) is 9.46. The highest BCUT2D eigenvalue weighted by molar-refractivity contribution is 6.30. The molecule has 0 saturated carbocycles. The van der Waals surface area contributed by atoms with Crippen LogP contribution in [0.25, 0.3) is 0 Å². The van der Waals surface area contributed by atoms with Crippen molar-refractivity contribution < 1.29 is 0 Å². The van der Waals surface area contributed by atoms with E-state index in [1.165, 1.54) is 0 Å². The highest BCUT2D eigenvalue weighted by atomic mass is 35.5. The molecular weight excluding hydrogens is 284 g/mol. The van der Waals surface area contributed by atoms with Crippen LogP contribution in [0.3, 0.4) is 0 Å². The second-order valence-electron chi connectivity index (χ2n) is 5.46. The van der Waals surface area contributed by atoms with Gasteiger partial charge in [-0.15, -0.1) is 0 Å². The van der Waals surface area contributed by atoms with Gasteiger partial charge in [-0.05, 0) is 43.5 Å². The van der Waals surface area contributed by atoms with Crippen molar-refractivity contribution in [1.82, 2.24) is 9.97 Å². The Balaban J connectivity index is 2.05. The van der Waals surface area contributed by atoms with Crippen LogP contribution in [-0.2, 0) is 0 Å². The SMILES string of the molecule is Cc1cc(Nc2ccc(Cl)cc2)nc(NCCC(C)C)n1. The molecule has 0 radical (unpaired) electrons. The van der Waals surface area contributed by atoms with Crippen LogP contribution in [0, 0.1) is 12.8 Å². The highest BCUT2D eigenvalue weighted by Crippen LogP contribution is 2.19. The zero-order chi connectivity index (χ0) is 15.2. The Morgan fingerprint density at radius 1 is 1.14 bits per heavy atom. The first-order valence-electron chi connectivity index (χ1n) is 7.15. The molecule has 1 aromatic carbocycles. The molecule has 0 bridgehead atoms. The molecule has 5 heteroatoms. The Morgan fingerprint density at radius 2 is 1.86 bits per heavy atom. The second kappa shape index (κ2) is 7.27. The maximum absolute atomic E-state index is 5.88. The van der Waals surface area contributed by atoms with Crippen LogP contribution in [-0.4, -0.2) is 16.5 Å². The molecule has 4 nitrogen and oxygen atoms in total. The summed E-state index contributed by atoms with van der Waals surface area (Å²) in [6.45, 7) is 7.24. The minimum atomic E-state index is 0.659. The summed E-state index contributed by atoms with van der Waals surface area (Å²) in [6.07, 6.45) is 1.09. The molecule has 0 aliphatic heterocycles. The molecule has 0 aliphatic carbocycles. The average Bonchev–Trinajstić information content (AvgIpc) is 2.40. The van der Waals surface area contributed by atoms with Gasteiger partial charge in [0.1, 0.15) is 5.82 Å². The van der Waals surface area contributed by atoms with Crippen molar-refractivity contribution >= 4 is 29.1 Å². The zero-order valence-corrected chi connectivity index (χ0v) is 13.4. The molecule has 0 atom stereocenters. The molecule has 112 valence electrons. The molecule has 0 unspecified atom stereocenters. The molecule has 0 saturated heterocycles. The van der Waals surface area contributed by atoms with Crippen LogP contribution in [0.15, 0.2) is 30.3 Å². The number of aromatic nitrogens is 2. The summed E-state index contributed by atoms with van der Waals surface area (Å²) in [5.41, 5.74) is 1.87. The number of aryl methyl sites for hydroxylation is 1. The van der Waals surface area contributed by atoms with E-state index in [0.717, 1.165) is 35.2 Å². The second-order valence-corrected chi connectivity index (χ2v) is 5.90. The van der Waals surface area contributed by atoms with Gasteiger partial charge in [-0.1, -0.05) is 25.4 Å². The molecule has 1 aromatic heterocycles. The Morgan fingerprint density at radius 3 is 2.52 bits per heavy atom. The molecule has 2 N–H and O–H groups in total. The third-order valence-corrected chi connectivity index (χ3v) is 3.23. The Kier molecular flexibility index (Phi) is 5.39. The monoisotopic (exact) mass is 304 g/mol. The van der Waals surface area contributed by atoms with E-state index in [2.05, 4.69) is 34.4 Å². The van der Waals surface area contributed by atoms with Crippen molar-refractivity contribution in [2.75, 3.05) is 17.2 Å². The molecule has 21 heavy (non-hydrogen) atoms. The van der Waals surface area contributed by atoms with Crippen LogP contribution in [0.2, 0.25) is 5.02 Å². The van der Waals surface area contributed by atoms with Crippen LogP contribution in [0.4, 0.5) is 17.5 Å². The predicted molar refractivity (Wildman–Crippen MR) is 89.4 cm³/mol. The zero-order valence-electron chi connectivity index (χ0n) is 12.7. The number of hydrogen-bond donors (Lipinski definition) is 2. The average molecular weight is 305 g/mol. The van der Waals surface area contributed by atoms with Gasteiger partial charge in [0, 0.05) is 29.0 Å². The van der Waals surface area contributed by atoms with E-state index in [1.54, 1.807) is 0 Å². The minimum absolute atomic E-state index is 0.659. The van der Waals surface area contributed by atoms with Gasteiger partial charge < -0.3 is 10.6 Å². The fourth-order valence-corrected chi connectivity index (χ4v) is 1.99. The van der Waals surface area contributed by atoms with Gasteiger partial charge in [0.05, 0.1) is 0 Å². The number of benzene rings is 1. The first-order chi connectivity index (χ1) is 10.0. The molecule has 0 aliphatic rings. The normalized spacial score (nSPS) is 10.7. The fourth-order valence-electron chi connectivity index (χ4n) is 1.87. The quantitative estimate of drug-likeness (QED) is 0.816. The van der Waals surface area contributed by atoms with Gasteiger partial charge in [0.15, 0.2) is 0 Å². The van der Waals surface area contributed by atoms with E-state index in [0.29, 0.717) is 11.9 Å². The maximum Gasteiger partial charge on any atom is 0.224 e. The van der Waals surface area contributed by atoms with E-state index in [9.17, 15) is 0 Å². The number of halogens is 1. The van der Waals surface area contributed by atoms with Gasteiger partial charge >= 0.3 is 0 Å². The predicted octanol–water partition coefficient (Wildman–Crippen LogP) is 4.64. The van der Waals surface area contributed by atoms with Crippen molar-refractivity contribution in [3.63, 3.8) is 0 Å². The van der Waals surface area contributed by atoms with Crippen LogP contribution < -0.4 is 10.6 Å². The standard InChI is InChI=1S/C16H21ClN4/c1-11(2)8-9-18-16-19-12(3)10-15(21-16)20-14-6-4-13(17)5-7-14/h4-7,10-11H,8-9H2,1-3H3,(H2,18,19,20,21). The van der Waals surface area contributed by atoms with Gasteiger partial charge in [-0.2, -0.15) is 4.98 Å². The number of hydrogen-bond acceptors (Lipinski definition) is 4. The van der Waals surface area contributed by atoms with E-state index in [-0.39, 0.29) is 0 Å². The molecule has 2 rings (SSSR count). The Labute approximate surface area is 131 Å². The number of nitrogens with zero attached hydrogens (tertiary/aromatic N) is 2. The Bertz CT molecular complexity index is 581. The van der Waals surface area contributed by atoms with Crippen molar-refractivity contribution in [1.29, 1.82) is 0 Å². The summed E-state index contributed by atoms with van der Waals surface area (Å²) in [7, 11) is 0. The lowest BCUT2D eigenvalue weighted by molar-refractivity contribution is 0.606. The summed E-state index contributed by atoms with van der Waals surface area (Å²) >= 11 is 5.88. The lowest BCUT2D eigenvalue weighted by Gasteiger charge is -2.11. The first-order valence-corrected chi connectivity index (χ1v) is 7.53. The van der Waals surface area contributed by atoms with Gasteiger partial charge in [-0.3, -0.25) is 0 Å². The van der Waals surface area contributed by atoms with Crippen LogP contribution >= 0.6 is 11.6 Å². The van der Waals surface area contributed by atoms with E-state index < -0.39 is 0 Å². The topological polar surface area (TPSA) is 49.8 Å². The van der Waals surface area contributed by atoms with Gasteiger partial charge in [-0.25, -0.2) is 4.98 Å². The lowest BCUT2D eigenvalue weighted by Crippen LogP contribution is -2.09. The molecule has 0 spiro atoms. The lowest BCUT2D eigenvalue weighted by atomic mass is 10.1. The Hall–Kier alpha value is -1.81. The largest absolute Gasteiger partial charge is 0.354 e. The summed E-state index contributed by atoms with van der Waals surface area (Å²) < 4.78 is 0. The molecule has 1 heterocycles. The third-order valence-electron chi connectivity index (χ3n) is 2.98. The van der Waals surface area contributed by atoms with Crippen molar-refractivity contribution in [3.05, 3.63) is 41.0 Å². The van der Waals surface area contributed by atoms with Crippen molar-refractivity contribution in [3.8, 4) is 0 Å². The van der Waals surface area contributed by atoms with E-state index >= 15 is 0 Å². The summed E-state index contributed by atoms with van der Waals surface area (Å²) in [4.78, 5) is 8.88. The molecule has 0 fully saturated rings. The molecular formula is C16H21ClN4. The van der Waals surface area contributed by atoms with Crippen molar-refractivity contribution in [2.45, 2.75) is 27.2 Å². The van der Waals surface area contributed by atoms with E-state index in [1.807, 2.05) is 37.3 Å². The smallest absolute Gasteiger partial charge is 0.224 e. The minimum Gasteiger partial charge on any atom is -0.354 e. The first kappa shape index (κ1) is 15.6. The maximum atomic E-state index is 5.88. The third kappa shape index (κ3) is 5.23. The van der Waals surface area contributed by atoms with Gasteiger partial charge in [0.2, 0.25) is 5.95 Å². The van der Waals surface area contributed by atoms with E-state index in [4.69, 9.17) is 11.6 Å². The molecule has 2 aromatic rings. The van der Waals surface area contributed by atoms with Gasteiger partial charge in [0.25, 0.3) is 0 Å².